The molecule has 0 saturated carbocycles. The Morgan fingerprint density at radius 1 is 1.15 bits per heavy atom. The molecule has 2 aromatic rings. The third-order valence-electron chi connectivity index (χ3n) is 6.89. The summed E-state index contributed by atoms with van der Waals surface area (Å²) in [6, 6.07) is 12.7. The molecule has 2 atom stereocenters. The number of fused-ring (bicyclic) bond motifs is 2. The number of urea groups is 1. The lowest BCUT2D eigenvalue weighted by Crippen LogP contribution is -2.44. The molecular weight excluding hydrogens is 422 g/mol. The fourth-order valence-electron chi connectivity index (χ4n) is 4.94. The highest BCUT2D eigenvalue weighted by molar-refractivity contribution is 6.09. The van der Waals surface area contributed by atoms with E-state index in [0.717, 1.165) is 29.7 Å². The molecule has 1 fully saturated rings. The number of rotatable bonds is 4. The van der Waals surface area contributed by atoms with E-state index in [1.54, 1.807) is 37.1 Å². The van der Waals surface area contributed by atoms with Crippen LogP contribution in [0.4, 0.5) is 4.79 Å². The Kier molecular flexibility index (Phi) is 5.23. The lowest BCUT2D eigenvalue weighted by atomic mass is 9.87. The zero-order valence-corrected chi connectivity index (χ0v) is 18.8. The van der Waals surface area contributed by atoms with E-state index < -0.39 is 17.5 Å². The quantitative estimate of drug-likeness (QED) is 0.726. The number of carbonyl (C=O) groups is 3. The minimum atomic E-state index is -1.29. The summed E-state index contributed by atoms with van der Waals surface area (Å²) < 4.78 is 11.2. The number of amides is 4. The molecule has 8 heteroatoms. The van der Waals surface area contributed by atoms with Gasteiger partial charge in [-0.25, -0.2) is 4.79 Å². The molecule has 1 N–H and O–H groups in total. The molecule has 2 aliphatic heterocycles. The lowest BCUT2D eigenvalue weighted by Gasteiger charge is -2.34. The smallest absolute Gasteiger partial charge is 0.325 e. The normalized spacial score (nSPS) is 23.7. The van der Waals surface area contributed by atoms with Crippen molar-refractivity contribution in [2.75, 3.05) is 26.8 Å². The number of imide groups is 1. The Morgan fingerprint density at radius 2 is 1.91 bits per heavy atom. The minimum absolute atomic E-state index is 0.0626. The zero-order valence-electron chi connectivity index (χ0n) is 18.8. The van der Waals surface area contributed by atoms with Gasteiger partial charge in [0.2, 0.25) is 5.91 Å². The van der Waals surface area contributed by atoms with Gasteiger partial charge >= 0.3 is 6.03 Å². The van der Waals surface area contributed by atoms with Crippen LogP contribution in [0.1, 0.15) is 42.5 Å². The van der Waals surface area contributed by atoms with Gasteiger partial charge in [0.15, 0.2) is 11.5 Å². The van der Waals surface area contributed by atoms with E-state index in [9.17, 15) is 14.4 Å². The molecule has 0 bridgehead atoms. The number of carbonyl (C=O) groups excluding carboxylic acids is 3. The van der Waals surface area contributed by atoms with Gasteiger partial charge in [0.25, 0.3) is 5.91 Å². The molecule has 1 saturated heterocycles. The van der Waals surface area contributed by atoms with E-state index in [1.165, 1.54) is 5.56 Å². The van der Waals surface area contributed by atoms with E-state index in [0.29, 0.717) is 30.3 Å². The Balaban J connectivity index is 1.34. The molecule has 0 aromatic heterocycles. The molecule has 0 unspecified atom stereocenters. The zero-order chi connectivity index (χ0) is 23.2. The van der Waals surface area contributed by atoms with Crippen LogP contribution in [0.3, 0.4) is 0 Å². The van der Waals surface area contributed by atoms with Gasteiger partial charge in [0.05, 0.1) is 6.04 Å². The monoisotopic (exact) mass is 449 g/mol. The summed E-state index contributed by atoms with van der Waals surface area (Å²) in [5.41, 5.74) is 1.67. The Hall–Kier alpha value is -3.55. The maximum atomic E-state index is 13.3. The molecule has 2 aromatic carbocycles. The van der Waals surface area contributed by atoms with Gasteiger partial charge in [-0.1, -0.05) is 30.3 Å². The first-order valence-corrected chi connectivity index (χ1v) is 11.3. The molecule has 172 valence electrons. The number of nitrogens with zero attached hydrogens (tertiary/aromatic N) is 2. The third kappa shape index (κ3) is 3.59. The molecule has 8 nitrogen and oxygen atoms in total. The summed E-state index contributed by atoms with van der Waals surface area (Å²) in [4.78, 5) is 41.9. The fourth-order valence-corrected chi connectivity index (χ4v) is 4.94. The standard InChI is InChI=1S/C25H27N3O5/c1-25(17-10-11-20-21(14-17)33-13-12-32-20)23(30)28(24(31)26-25)15-22(29)27(2)19-9-5-7-16-6-3-4-8-18(16)19/h3-4,6,8,10-11,14,19H,5,7,9,12-13,15H2,1-2H3,(H,26,31)/t19-,25-/m0/s1. The van der Waals surface area contributed by atoms with Crippen molar-refractivity contribution in [1.29, 1.82) is 0 Å². The molecule has 0 radical (unpaired) electrons. The van der Waals surface area contributed by atoms with E-state index in [-0.39, 0.29) is 18.5 Å². The van der Waals surface area contributed by atoms with Crippen LogP contribution in [-0.4, -0.2) is 54.5 Å². The third-order valence-corrected chi connectivity index (χ3v) is 6.89. The minimum Gasteiger partial charge on any atom is -0.486 e. The van der Waals surface area contributed by atoms with Gasteiger partial charge in [0.1, 0.15) is 25.3 Å². The highest BCUT2D eigenvalue weighted by atomic mass is 16.6. The predicted octanol–water partition coefficient (Wildman–Crippen LogP) is 2.76. The van der Waals surface area contributed by atoms with Gasteiger partial charge in [-0.3, -0.25) is 14.5 Å². The average molecular weight is 450 g/mol. The Labute approximate surface area is 192 Å². The number of benzene rings is 2. The number of hydrogen-bond donors (Lipinski definition) is 1. The second kappa shape index (κ2) is 8.10. The van der Waals surface area contributed by atoms with E-state index >= 15 is 0 Å². The van der Waals surface area contributed by atoms with Crippen molar-refractivity contribution in [1.82, 2.24) is 15.1 Å². The largest absolute Gasteiger partial charge is 0.486 e. The predicted molar refractivity (Wildman–Crippen MR) is 120 cm³/mol. The molecule has 5 rings (SSSR count). The summed E-state index contributed by atoms with van der Waals surface area (Å²) in [5, 5.41) is 2.76. The van der Waals surface area contributed by atoms with E-state index in [2.05, 4.69) is 17.4 Å². The van der Waals surface area contributed by atoms with Crippen LogP contribution in [0.5, 0.6) is 11.5 Å². The van der Waals surface area contributed by atoms with Crippen LogP contribution < -0.4 is 14.8 Å². The first kappa shape index (κ1) is 21.3. The summed E-state index contributed by atoms with van der Waals surface area (Å²) in [6.07, 6.45) is 2.84. The van der Waals surface area contributed by atoms with Crippen LogP contribution in [0.25, 0.3) is 0 Å². The van der Waals surface area contributed by atoms with Gasteiger partial charge < -0.3 is 19.7 Å². The number of likely N-dealkylation sites (N-methyl/N-ethyl adjacent to an activating group) is 1. The van der Waals surface area contributed by atoms with Gasteiger partial charge in [-0.05, 0) is 55.0 Å². The maximum absolute atomic E-state index is 13.3. The average Bonchev–Trinajstić information content (AvgIpc) is 3.06. The fraction of sp³-hybridized carbons (Fsp3) is 0.400. The highest BCUT2D eigenvalue weighted by Crippen LogP contribution is 2.37. The Morgan fingerprint density at radius 3 is 2.73 bits per heavy atom. The first-order chi connectivity index (χ1) is 15.9. The number of nitrogens with one attached hydrogen (secondary N) is 1. The van der Waals surface area contributed by atoms with Crippen LogP contribution in [0.15, 0.2) is 42.5 Å². The molecular formula is C25H27N3O5. The summed E-state index contributed by atoms with van der Waals surface area (Å²) in [6.45, 7) is 2.23. The van der Waals surface area contributed by atoms with Crippen molar-refractivity contribution >= 4 is 17.8 Å². The van der Waals surface area contributed by atoms with E-state index in [4.69, 9.17) is 9.47 Å². The van der Waals surface area contributed by atoms with Crippen molar-refractivity contribution in [3.8, 4) is 11.5 Å². The lowest BCUT2D eigenvalue weighted by molar-refractivity contribution is -0.139. The molecule has 3 aliphatic rings. The van der Waals surface area contributed by atoms with Gasteiger partial charge in [0, 0.05) is 7.05 Å². The van der Waals surface area contributed by atoms with Gasteiger partial charge in [-0.2, -0.15) is 0 Å². The van der Waals surface area contributed by atoms with Crippen LogP contribution in [0, 0.1) is 0 Å². The van der Waals surface area contributed by atoms with Crippen molar-refractivity contribution in [3.63, 3.8) is 0 Å². The second-order valence-corrected chi connectivity index (χ2v) is 8.92. The summed E-state index contributed by atoms with van der Waals surface area (Å²) in [7, 11) is 1.74. The van der Waals surface area contributed by atoms with Crippen LogP contribution in [-0.2, 0) is 21.5 Å². The van der Waals surface area contributed by atoms with Crippen molar-refractivity contribution < 1.29 is 23.9 Å². The maximum Gasteiger partial charge on any atom is 0.325 e. The van der Waals surface area contributed by atoms with Crippen molar-refractivity contribution in [2.24, 2.45) is 0 Å². The SMILES string of the molecule is CN(C(=O)CN1C(=O)N[C@@](C)(c2ccc3c(c2)OCCO3)C1=O)[C@H]1CCCc2ccccc21. The molecule has 4 amide bonds. The first-order valence-electron chi connectivity index (χ1n) is 11.3. The number of ether oxygens (including phenoxy) is 2. The van der Waals surface area contributed by atoms with Gasteiger partial charge in [-0.15, -0.1) is 0 Å². The van der Waals surface area contributed by atoms with Crippen LogP contribution >= 0.6 is 0 Å². The number of aryl methyl sites for hydroxylation is 1. The van der Waals surface area contributed by atoms with Crippen LogP contribution in [0.2, 0.25) is 0 Å². The topological polar surface area (TPSA) is 88.2 Å². The molecule has 1 aliphatic carbocycles. The molecule has 33 heavy (non-hydrogen) atoms. The highest BCUT2D eigenvalue weighted by Gasteiger charge is 2.50. The second-order valence-electron chi connectivity index (χ2n) is 8.92. The molecule has 0 spiro atoms. The van der Waals surface area contributed by atoms with E-state index in [1.807, 2.05) is 12.1 Å². The van der Waals surface area contributed by atoms with Crippen molar-refractivity contribution in [3.05, 3.63) is 59.2 Å². The summed E-state index contributed by atoms with van der Waals surface area (Å²) >= 11 is 0. The molecule has 2 heterocycles. The summed E-state index contributed by atoms with van der Waals surface area (Å²) in [5.74, 6) is 0.403. The Bertz CT molecular complexity index is 1130. The van der Waals surface area contributed by atoms with Crippen molar-refractivity contribution in [2.45, 2.75) is 37.8 Å². The number of hydrogen-bond acceptors (Lipinski definition) is 5.